The van der Waals surface area contributed by atoms with Gasteiger partial charge in [-0.3, -0.25) is 0 Å². The van der Waals surface area contributed by atoms with E-state index in [0.717, 1.165) is 25.4 Å². The Morgan fingerprint density at radius 2 is 2.24 bits per heavy atom. The van der Waals surface area contributed by atoms with Gasteiger partial charge in [0.1, 0.15) is 0 Å². The molecule has 0 amide bonds. The third-order valence-electron chi connectivity index (χ3n) is 3.68. The average molecular weight is 251 g/mol. The first-order valence-corrected chi connectivity index (χ1v) is 7.63. The molecule has 1 aromatic heterocycles. The van der Waals surface area contributed by atoms with Crippen molar-refractivity contribution in [2.75, 3.05) is 11.4 Å². The molecule has 2 aliphatic rings. The molecule has 0 aromatic carbocycles. The Bertz CT molecular complexity index is 397. The molecule has 2 N–H and O–H groups in total. The van der Waals surface area contributed by atoms with E-state index in [-0.39, 0.29) is 6.04 Å². The molecule has 0 aliphatic heterocycles. The normalized spacial score (nSPS) is 23.5. The highest BCUT2D eigenvalue weighted by molar-refractivity contribution is 7.15. The lowest BCUT2D eigenvalue weighted by Gasteiger charge is -2.20. The summed E-state index contributed by atoms with van der Waals surface area (Å²) in [6, 6.07) is 1.01. The Morgan fingerprint density at radius 3 is 2.88 bits per heavy atom. The molecule has 1 fully saturated rings. The molecule has 3 nitrogen and oxygen atoms in total. The van der Waals surface area contributed by atoms with Crippen LogP contribution in [-0.2, 0) is 6.42 Å². The average Bonchev–Trinajstić information content (AvgIpc) is 3.05. The van der Waals surface area contributed by atoms with Gasteiger partial charge in [0.25, 0.3) is 0 Å². The minimum absolute atomic E-state index is 0.243. The second-order valence-electron chi connectivity index (χ2n) is 5.23. The zero-order valence-electron chi connectivity index (χ0n) is 10.5. The van der Waals surface area contributed by atoms with Crippen LogP contribution in [-0.4, -0.2) is 17.6 Å². The van der Waals surface area contributed by atoms with Gasteiger partial charge in [-0.1, -0.05) is 18.3 Å². The van der Waals surface area contributed by atoms with Crippen molar-refractivity contribution >= 4 is 16.5 Å². The molecule has 1 saturated carbocycles. The first-order chi connectivity index (χ1) is 8.29. The van der Waals surface area contributed by atoms with E-state index in [1.165, 1.54) is 41.4 Å². The van der Waals surface area contributed by atoms with Crippen molar-refractivity contribution in [1.82, 2.24) is 4.98 Å². The van der Waals surface area contributed by atoms with Gasteiger partial charge in [0, 0.05) is 23.5 Å². The summed E-state index contributed by atoms with van der Waals surface area (Å²) in [7, 11) is 0. The molecule has 0 radical (unpaired) electrons. The third kappa shape index (κ3) is 2.20. The predicted octanol–water partition coefficient (Wildman–Crippen LogP) is 2.86. The molecule has 3 rings (SSSR count). The van der Waals surface area contributed by atoms with Gasteiger partial charge in [0.15, 0.2) is 5.13 Å². The molecule has 0 bridgehead atoms. The lowest BCUT2D eigenvalue weighted by atomic mass is 9.99. The van der Waals surface area contributed by atoms with E-state index in [1.807, 2.05) is 11.3 Å². The molecule has 94 valence electrons. The van der Waals surface area contributed by atoms with Gasteiger partial charge >= 0.3 is 0 Å². The van der Waals surface area contributed by atoms with Crippen LogP contribution in [0.5, 0.6) is 0 Å². The Balaban J connectivity index is 1.86. The topological polar surface area (TPSA) is 42.2 Å². The fraction of sp³-hybridized carbons (Fsp3) is 0.769. The molecule has 4 heteroatoms. The van der Waals surface area contributed by atoms with E-state index in [1.54, 1.807) is 0 Å². The minimum atomic E-state index is 0.243. The van der Waals surface area contributed by atoms with Crippen LogP contribution in [0.15, 0.2) is 0 Å². The summed E-state index contributed by atoms with van der Waals surface area (Å²) in [5, 5.41) is 1.23. The number of rotatable bonds is 4. The summed E-state index contributed by atoms with van der Waals surface area (Å²) >= 11 is 1.85. The zero-order valence-corrected chi connectivity index (χ0v) is 11.3. The number of nitrogens with two attached hydrogens (primary N) is 1. The number of aryl methyl sites for hydroxylation is 1. The maximum atomic E-state index is 6.18. The summed E-state index contributed by atoms with van der Waals surface area (Å²) in [4.78, 5) is 8.71. The van der Waals surface area contributed by atoms with Crippen LogP contribution >= 0.6 is 11.3 Å². The Hall–Kier alpha value is -0.610. The van der Waals surface area contributed by atoms with Gasteiger partial charge in [-0.15, -0.1) is 0 Å². The van der Waals surface area contributed by atoms with Crippen molar-refractivity contribution in [3.8, 4) is 0 Å². The summed E-state index contributed by atoms with van der Waals surface area (Å²) in [6.07, 6.45) is 7.35. The number of hydrogen-bond donors (Lipinski definition) is 1. The molecule has 1 unspecified atom stereocenters. The van der Waals surface area contributed by atoms with Crippen LogP contribution in [0, 0.1) is 0 Å². The van der Waals surface area contributed by atoms with Gasteiger partial charge in [-0.2, -0.15) is 0 Å². The van der Waals surface area contributed by atoms with E-state index in [4.69, 9.17) is 10.7 Å². The molecular weight excluding hydrogens is 230 g/mol. The first-order valence-electron chi connectivity index (χ1n) is 6.81. The van der Waals surface area contributed by atoms with Crippen molar-refractivity contribution < 1.29 is 0 Å². The minimum Gasteiger partial charge on any atom is -0.345 e. The number of hydrogen-bond acceptors (Lipinski definition) is 4. The lowest BCUT2D eigenvalue weighted by Crippen LogP contribution is -2.26. The van der Waals surface area contributed by atoms with E-state index in [0.29, 0.717) is 0 Å². The monoisotopic (exact) mass is 251 g/mol. The maximum absolute atomic E-state index is 6.18. The van der Waals surface area contributed by atoms with E-state index >= 15 is 0 Å². The van der Waals surface area contributed by atoms with E-state index in [9.17, 15) is 0 Å². The van der Waals surface area contributed by atoms with E-state index in [2.05, 4.69) is 11.8 Å². The summed E-state index contributed by atoms with van der Waals surface area (Å²) in [5.74, 6) is 0. The number of nitrogens with zero attached hydrogens (tertiary/aromatic N) is 2. The smallest absolute Gasteiger partial charge is 0.186 e. The van der Waals surface area contributed by atoms with Crippen LogP contribution in [0.3, 0.4) is 0 Å². The first kappa shape index (κ1) is 11.5. The second-order valence-corrected chi connectivity index (χ2v) is 6.24. The molecule has 1 heterocycles. The van der Waals surface area contributed by atoms with Gasteiger partial charge < -0.3 is 10.6 Å². The standard InChI is InChI=1S/C13H21N3S/c1-2-8-16(9-6-7-9)13-15-11-5-3-4-10(14)12(11)17-13/h9-10H,2-8,14H2,1H3. The van der Waals surface area contributed by atoms with Crippen LogP contribution in [0.25, 0.3) is 0 Å². The highest BCUT2D eigenvalue weighted by Gasteiger charge is 2.32. The number of anilines is 1. The molecular formula is C13H21N3S. The Morgan fingerprint density at radius 1 is 1.41 bits per heavy atom. The molecule has 1 atom stereocenters. The van der Waals surface area contributed by atoms with Crippen molar-refractivity contribution in [1.29, 1.82) is 0 Å². The van der Waals surface area contributed by atoms with Crippen LogP contribution in [0.1, 0.15) is 55.6 Å². The fourth-order valence-corrected chi connectivity index (χ4v) is 3.87. The summed E-state index contributed by atoms with van der Waals surface area (Å²) in [6.45, 7) is 3.39. The van der Waals surface area contributed by atoms with Crippen molar-refractivity contribution in [2.24, 2.45) is 5.73 Å². The molecule has 1 aromatic rings. The molecule has 0 saturated heterocycles. The quantitative estimate of drug-likeness (QED) is 0.894. The van der Waals surface area contributed by atoms with Gasteiger partial charge in [-0.25, -0.2) is 4.98 Å². The fourth-order valence-electron chi connectivity index (χ4n) is 2.62. The second kappa shape index (κ2) is 4.58. The van der Waals surface area contributed by atoms with Crippen LogP contribution < -0.4 is 10.6 Å². The molecule has 0 spiro atoms. The summed E-state index contributed by atoms with van der Waals surface area (Å²) in [5.41, 5.74) is 7.46. The van der Waals surface area contributed by atoms with Gasteiger partial charge in [0.05, 0.1) is 5.69 Å². The lowest BCUT2D eigenvalue weighted by molar-refractivity contribution is 0.573. The maximum Gasteiger partial charge on any atom is 0.186 e. The largest absolute Gasteiger partial charge is 0.345 e. The van der Waals surface area contributed by atoms with E-state index < -0.39 is 0 Å². The van der Waals surface area contributed by atoms with Crippen LogP contribution in [0.2, 0.25) is 0 Å². The SMILES string of the molecule is CCCN(c1nc2c(s1)C(N)CCC2)C1CC1. The predicted molar refractivity (Wildman–Crippen MR) is 72.6 cm³/mol. The molecule has 2 aliphatic carbocycles. The molecule has 17 heavy (non-hydrogen) atoms. The number of aromatic nitrogens is 1. The Kier molecular flexibility index (Phi) is 3.09. The highest BCUT2D eigenvalue weighted by Crippen LogP contribution is 2.40. The Labute approximate surface area is 107 Å². The third-order valence-corrected chi connectivity index (χ3v) is 4.95. The highest BCUT2D eigenvalue weighted by atomic mass is 32.1. The van der Waals surface area contributed by atoms with Gasteiger partial charge in [-0.05, 0) is 38.5 Å². The van der Waals surface area contributed by atoms with Crippen molar-refractivity contribution in [2.45, 2.75) is 57.5 Å². The number of thiazole rings is 1. The van der Waals surface area contributed by atoms with Crippen molar-refractivity contribution in [3.05, 3.63) is 10.6 Å². The van der Waals surface area contributed by atoms with Gasteiger partial charge in [0.2, 0.25) is 0 Å². The zero-order chi connectivity index (χ0) is 11.8. The van der Waals surface area contributed by atoms with Crippen molar-refractivity contribution in [3.63, 3.8) is 0 Å². The summed E-state index contributed by atoms with van der Waals surface area (Å²) < 4.78 is 0. The van der Waals surface area contributed by atoms with Crippen LogP contribution in [0.4, 0.5) is 5.13 Å². The number of fused-ring (bicyclic) bond motifs is 1.